The quantitative estimate of drug-likeness (QED) is 0.417. The molecule has 0 saturated carbocycles. The van der Waals surface area contributed by atoms with Crippen LogP contribution in [0.2, 0.25) is 5.02 Å². The highest BCUT2D eigenvalue weighted by Gasteiger charge is 2.37. The van der Waals surface area contributed by atoms with E-state index >= 15 is 0 Å². The number of carbonyl (C=O) groups is 1. The lowest BCUT2D eigenvalue weighted by Gasteiger charge is -2.10. The van der Waals surface area contributed by atoms with Crippen molar-refractivity contribution in [2.24, 2.45) is 0 Å². The van der Waals surface area contributed by atoms with Crippen molar-refractivity contribution in [2.45, 2.75) is 6.18 Å². The Morgan fingerprint density at radius 3 is 2.31 bits per heavy atom. The average molecular weight is 417 g/mol. The van der Waals surface area contributed by atoms with E-state index in [0.29, 0.717) is 10.6 Å². The maximum absolute atomic E-state index is 13.7. The van der Waals surface area contributed by atoms with Crippen LogP contribution in [0.5, 0.6) is 0 Å². The maximum atomic E-state index is 13.7. The van der Waals surface area contributed by atoms with Crippen LogP contribution in [-0.4, -0.2) is 10.8 Å². The van der Waals surface area contributed by atoms with Crippen LogP contribution in [-0.2, 0) is 6.18 Å². The summed E-state index contributed by atoms with van der Waals surface area (Å²) < 4.78 is 46.7. The monoisotopic (exact) mass is 416 g/mol. The van der Waals surface area contributed by atoms with Crippen molar-refractivity contribution in [1.29, 1.82) is 0 Å². The van der Waals surface area contributed by atoms with Gasteiger partial charge in [-0.2, -0.15) is 13.2 Å². The SMILES string of the molecule is Nc1c(C(=O)c2ccc(Cl)cc2)oc2nc(-c3ccccc3)cc(C(F)(F)F)c12. The van der Waals surface area contributed by atoms with Crippen molar-refractivity contribution < 1.29 is 22.4 Å². The molecule has 0 unspecified atom stereocenters. The zero-order valence-electron chi connectivity index (χ0n) is 14.6. The first-order valence-corrected chi connectivity index (χ1v) is 8.79. The fraction of sp³-hybridized carbons (Fsp3) is 0.0476. The first-order valence-electron chi connectivity index (χ1n) is 8.41. The molecule has 4 aromatic rings. The van der Waals surface area contributed by atoms with Crippen LogP contribution in [0.3, 0.4) is 0 Å². The zero-order chi connectivity index (χ0) is 20.8. The lowest BCUT2D eigenvalue weighted by Crippen LogP contribution is -2.08. The first-order chi connectivity index (χ1) is 13.8. The predicted molar refractivity (Wildman–Crippen MR) is 104 cm³/mol. The molecule has 2 N–H and O–H groups in total. The third-order valence-electron chi connectivity index (χ3n) is 4.39. The largest absolute Gasteiger partial charge is 0.432 e. The number of alkyl halides is 3. The van der Waals surface area contributed by atoms with E-state index in [-0.39, 0.29) is 17.0 Å². The van der Waals surface area contributed by atoms with E-state index in [1.165, 1.54) is 24.3 Å². The number of nitrogens with two attached hydrogens (primary N) is 1. The Balaban J connectivity index is 1.94. The molecule has 2 aromatic carbocycles. The molecular weight excluding hydrogens is 405 g/mol. The third-order valence-corrected chi connectivity index (χ3v) is 4.64. The number of carbonyl (C=O) groups excluding carboxylic acids is 1. The van der Waals surface area contributed by atoms with Gasteiger partial charge < -0.3 is 10.2 Å². The van der Waals surface area contributed by atoms with Gasteiger partial charge >= 0.3 is 6.18 Å². The number of rotatable bonds is 3. The van der Waals surface area contributed by atoms with Gasteiger partial charge in [0.2, 0.25) is 17.3 Å². The third kappa shape index (κ3) is 3.45. The second-order valence-corrected chi connectivity index (χ2v) is 6.72. The molecular formula is C21H12ClF3N2O2. The van der Waals surface area contributed by atoms with Gasteiger partial charge in [0, 0.05) is 16.1 Å². The summed E-state index contributed by atoms with van der Waals surface area (Å²) in [4.78, 5) is 16.9. The van der Waals surface area contributed by atoms with E-state index in [1.54, 1.807) is 30.3 Å². The molecule has 0 aliphatic rings. The van der Waals surface area contributed by atoms with Gasteiger partial charge in [0.25, 0.3) is 0 Å². The van der Waals surface area contributed by atoms with E-state index in [4.69, 9.17) is 21.8 Å². The second kappa shape index (κ2) is 6.93. The van der Waals surface area contributed by atoms with Crippen molar-refractivity contribution in [1.82, 2.24) is 4.98 Å². The molecule has 0 saturated heterocycles. The Bertz CT molecular complexity index is 1220. The summed E-state index contributed by atoms with van der Waals surface area (Å²) in [5.41, 5.74) is 4.85. The smallest absolute Gasteiger partial charge is 0.417 e. The summed E-state index contributed by atoms with van der Waals surface area (Å²) in [7, 11) is 0. The van der Waals surface area contributed by atoms with Crippen molar-refractivity contribution >= 4 is 34.2 Å². The molecule has 4 nitrogen and oxygen atoms in total. The summed E-state index contributed by atoms with van der Waals surface area (Å²) in [6.45, 7) is 0. The zero-order valence-corrected chi connectivity index (χ0v) is 15.4. The Kier molecular flexibility index (Phi) is 4.55. The normalized spacial score (nSPS) is 11.7. The number of benzene rings is 2. The number of fused-ring (bicyclic) bond motifs is 1. The molecule has 0 aliphatic heterocycles. The first kappa shape index (κ1) is 19.0. The number of hydrogen-bond acceptors (Lipinski definition) is 4. The Labute approximate surface area is 167 Å². The average Bonchev–Trinajstić information content (AvgIpc) is 3.04. The molecule has 0 radical (unpaired) electrons. The van der Waals surface area contributed by atoms with Crippen molar-refractivity contribution in [2.75, 3.05) is 5.73 Å². The number of hydrogen-bond donors (Lipinski definition) is 1. The molecule has 8 heteroatoms. The van der Waals surface area contributed by atoms with Gasteiger partial charge in [0.1, 0.15) is 0 Å². The number of nitrogens with zero attached hydrogens (tertiary/aromatic N) is 1. The van der Waals surface area contributed by atoms with E-state index in [2.05, 4.69) is 4.98 Å². The fourth-order valence-corrected chi connectivity index (χ4v) is 3.13. The van der Waals surface area contributed by atoms with Gasteiger partial charge in [-0.1, -0.05) is 41.9 Å². The topological polar surface area (TPSA) is 69.1 Å². The summed E-state index contributed by atoms with van der Waals surface area (Å²) in [6.07, 6.45) is -4.72. The molecule has 29 heavy (non-hydrogen) atoms. The number of anilines is 1. The minimum Gasteiger partial charge on any atom is -0.432 e. The summed E-state index contributed by atoms with van der Waals surface area (Å²) >= 11 is 5.81. The highest BCUT2D eigenvalue weighted by Crippen LogP contribution is 2.41. The van der Waals surface area contributed by atoms with Crippen LogP contribution in [0.25, 0.3) is 22.4 Å². The van der Waals surface area contributed by atoms with Crippen LogP contribution in [0.1, 0.15) is 21.7 Å². The number of aromatic nitrogens is 1. The van der Waals surface area contributed by atoms with Crippen LogP contribution >= 0.6 is 11.6 Å². The number of nitrogen functional groups attached to an aromatic ring is 1. The minimum atomic E-state index is -4.72. The van der Waals surface area contributed by atoms with Gasteiger partial charge in [0.05, 0.1) is 22.3 Å². The molecule has 0 bridgehead atoms. The highest BCUT2D eigenvalue weighted by molar-refractivity contribution is 6.30. The Hall–Kier alpha value is -3.32. The van der Waals surface area contributed by atoms with Gasteiger partial charge in [-0.05, 0) is 30.3 Å². The Morgan fingerprint density at radius 1 is 1.03 bits per heavy atom. The van der Waals surface area contributed by atoms with E-state index in [0.717, 1.165) is 6.07 Å². The van der Waals surface area contributed by atoms with Gasteiger partial charge in [0.15, 0.2) is 0 Å². The van der Waals surface area contributed by atoms with Crippen LogP contribution in [0, 0.1) is 0 Å². The predicted octanol–water partition coefficient (Wildman–Crippen LogP) is 5.98. The molecule has 146 valence electrons. The van der Waals surface area contributed by atoms with Gasteiger partial charge in [-0.25, -0.2) is 4.98 Å². The Morgan fingerprint density at radius 2 is 1.69 bits per heavy atom. The number of ketones is 1. The van der Waals surface area contributed by atoms with Crippen molar-refractivity contribution in [3.63, 3.8) is 0 Å². The summed E-state index contributed by atoms with van der Waals surface area (Å²) in [6, 6.07) is 15.1. The minimum absolute atomic E-state index is 0.0599. The van der Waals surface area contributed by atoms with Crippen LogP contribution in [0.4, 0.5) is 18.9 Å². The molecule has 0 amide bonds. The summed E-state index contributed by atoms with van der Waals surface area (Å²) in [5, 5.41) is -0.0258. The van der Waals surface area contributed by atoms with Crippen molar-refractivity contribution in [3.8, 4) is 11.3 Å². The van der Waals surface area contributed by atoms with Gasteiger partial charge in [-0.15, -0.1) is 0 Å². The van der Waals surface area contributed by atoms with Gasteiger partial charge in [-0.3, -0.25) is 4.79 Å². The number of pyridine rings is 1. The molecule has 2 aromatic heterocycles. The van der Waals surface area contributed by atoms with E-state index in [9.17, 15) is 18.0 Å². The van der Waals surface area contributed by atoms with E-state index in [1.807, 2.05) is 0 Å². The maximum Gasteiger partial charge on any atom is 0.417 e. The highest BCUT2D eigenvalue weighted by atomic mass is 35.5. The van der Waals surface area contributed by atoms with Crippen LogP contribution < -0.4 is 5.73 Å². The molecule has 0 atom stereocenters. The molecule has 0 spiro atoms. The standard InChI is InChI=1S/C21H12ClF3N2O2/c22-13-8-6-12(7-9-13)18(28)19-17(26)16-14(21(23,24)25)10-15(27-20(16)29-19)11-4-2-1-3-5-11/h1-10H,26H2. The number of halogens is 4. The van der Waals surface area contributed by atoms with E-state index < -0.39 is 34.4 Å². The summed E-state index contributed by atoms with van der Waals surface area (Å²) in [5.74, 6) is -1.06. The number of furan rings is 1. The lowest BCUT2D eigenvalue weighted by molar-refractivity contribution is -0.136. The molecule has 0 fully saturated rings. The second-order valence-electron chi connectivity index (χ2n) is 6.28. The molecule has 4 rings (SSSR count). The van der Waals surface area contributed by atoms with Crippen molar-refractivity contribution in [3.05, 3.63) is 82.6 Å². The lowest BCUT2D eigenvalue weighted by atomic mass is 10.0. The fourth-order valence-electron chi connectivity index (χ4n) is 3.00. The molecule has 2 heterocycles. The molecule has 0 aliphatic carbocycles. The van der Waals surface area contributed by atoms with Crippen LogP contribution in [0.15, 0.2) is 65.1 Å².